The van der Waals surface area contributed by atoms with Gasteiger partial charge in [-0.2, -0.15) is 0 Å². The molecule has 0 aliphatic rings. The maximum absolute atomic E-state index is 12.0. The van der Waals surface area contributed by atoms with Gasteiger partial charge in [-0.05, 0) is 45.9 Å². The summed E-state index contributed by atoms with van der Waals surface area (Å²) in [6.45, 7) is 6.77. The van der Waals surface area contributed by atoms with Gasteiger partial charge < -0.3 is 15.4 Å². The van der Waals surface area contributed by atoms with Gasteiger partial charge in [-0.3, -0.25) is 4.79 Å². The molecule has 0 spiro atoms. The molecule has 1 rings (SSSR count). The van der Waals surface area contributed by atoms with Gasteiger partial charge in [0.1, 0.15) is 11.6 Å². The van der Waals surface area contributed by atoms with Crippen molar-refractivity contribution >= 4 is 40.9 Å². The van der Waals surface area contributed by atoms with Crippen molar-refractivity contribution in [2.45, 2.75) is 39.3 Å². The molecule has 0 radical (unpaired) electrons. The molecule has 0 aliphatic heterocycles. The fourth-order valence-electron chi connectivity index (χ4n) is 1.43. The van der Waals surface area contributed by atoms with E-state index in [1.165, 1.54) is 0 Å². The van der Waals surface area contributed by atoms with E-state index in [1.54, 1.807) is 45.9 Å². The van der Waals surface area contributed by atoms with Gasteiger partial charge in [0.05, 0.1) is 0 Å². The molecule has 5 nitrogen and oxygen atoms in total. The molecule has 1 unspecified atom stereocenters. The zero-order chi connectivity index (χ0) is 16.2. The van der Waals surface area contributed by atoms with Crippen molar-refractivity contribution in [3.63, 3.8) is 0 Å². The summed E-state index contributed by atoms with van der Waals surface area (Å²) in [6, 6.07) is 3.91. The van der Waals surface area contributed by atoms with Crippen LogP contribution in [-0.2, 0) is 9.53 Å². The molecule has 2 N–H and O–H groups in total. The lowest BCUT2D eigenvalue weighted by Gasteiger charge is -2.21. The first-order chi connectivity index (χ1) is 9.56. The summed E-state index contributed by atoms with van der Waals surface area (Å²) in [5, 5.41) is 5.88. The van der Waals surface area contributed by atoms with Gasteiger partial charge in [-0.15, -0.1) is 0 Å². The molecule has 0 saturated carbocycles. The standard InChI is InChI=1S/C14H18Cl2N2O3/c1-8(17-13(20)21-14(2,3)4)12(19)18-11-6-9(15)5-10(16)7-11/h5-8H,1-4H3,(H,17,20)(H,18,19). The van der Waals surface area contributed by atoms with Gasteiger partial charge in [0.25, 0.3) is 0 Å². The van der Waals surface area contributed by atoms with Crippen LogP contribution in [0.1, 0.15) is 27.7 Å². The average Bonchev–Trinajstić information content (AvgIpc) is 2.24. The molecule has 0 heterocycles. The number of amides is 2. The molecule has 0 bridgehead atoms. The van der Waals surface area contributed by atoms with Gasteiger partial charge in [-0.1, -0.05) is 23.2 Å². The number of anilines is 1. The fraction of sp³-hybridized carbons (Fsp3) is 0.429. The highest BCUT2D eigenvalue weighted by Gasteiger charge is 2.21. The zero-order valence-electron chi connectivity index (χ0n) is 12.3. The van der Waals surface area contributed by atoms with Crippen molar-refractivity contribution in [2.24, 2.45) is 0 Å². The normalized spacial score (nSPS) is 12.5. The summed E-state index contributed by atoms with van der Waals surface area (Å²) < 4.78 is 5.07. The van der Waals surface area contributed by atoms with Crippen LogP contribution in [0.2, 0.25) is 10.0 Å². The Bertz CT molecular complexity index is 521. The molecular weight excluding hydrogens is 315 g/mol. The summed E-state index contributed by atoms with van der Waals surface area (Å²) in [5.74, 6) is -0.404. The predicted octanol–water partition coefficient (Wildman–Crippen LogP) is 3.85. The van der Waals surface area contributed by atoms with Crippen LogP contribution in [0.4, 0.5) is 10.5 Å². The van der Waals surface area contributed by atoms with Gasteiger partial charge in [-0.25, -0.2) is 4.79 Å². The second-order valence-electron chi connectivity index (χ2n) is 5.52. The predicted molar refractivity (Wildman–Crippen MR) is 83.9 cm³/mol. The molecule has 1 atom stereocenters. The first-order valence-electron chi connectivity index (χ1n) is 6.33. The Balaban J connectivity index is 2.60. The SMILES string of the molecule is CC(NC(=O)OC(C)(C)C)C(=O)Nc1cc(Cl)cc(Cl)c1. The first kappa shape index (κ1) is 17.6. The topological polar surface area (TPSA) is 67.4 Å². The smallest absolute Gasteiger partial charge is 0.408 e. The Morgan fingerprint density at radius 2 is 1.67 bits per heavy atom. The Morgan fingerprint density at radius 1 is 1.14 bits per heavy atom. The van der Waals surface area contributed by atoms with E-state index in [-0.39, 0.29) is 0 Å². The van der Waals surface area contributed by atoms with E-state index in [1.807, 2.05) is 0 Å². The fourth-order valence-corrected chi connectivity index (χ4v) is 1.95. The Hall–Kier alpha value is -1.46. The van der Waals surface area contributed by atoms with Crippen LogP contribution in [-0.4, -0.2) is 23.6 Å². The van der Waals surface area contributed by atoms with Crippen LogP contribution in [0.3, 0.4) is 0 Å². The Labute approximate surface area is 133 Å². The molecule has 7 heteroatoms. The van der Waals surface area contributed by atoms with E-state index in [0.29, 0.717) is 15.7 Å². The summed E-state index contributed by atoms with van der Waals surface area (Å²) in [6.07, 6.45) is -0.658. The van der Waals surface area contributed by atoms with Crippen molar-refractivity contribution in [1.82, 2.24) is 5.32 Å². The van der Waals surface area contributed by atoms with Gasteiger partial charge in [0.2, 0.25) is 5.91 Å². The minimum absolute atomic E-state index is 0.404. The number of benzene rings is 1. The number of carbonyl (C=O) groups is 2. The molecule has 1 aromatic rings. The molecular formula is C14H18Cl2N2O3. The molecule has 0 aliphatic carbocycles. The van der Waals surface area contributed by atoms with Crippen LogP contribution >= 0.6 is 23.2 Å². The molecule has 116 valence electrons. The number of hydrogen-bond acceptors (Lipinski definition) is 3. The summed E-state index contributed by atoms with van der Waals surface area (Å²) in [5.41, 5.74) is -0.170. The maximum Gasteiger partial charge on any atom is 0.408 e. The number of halogens is 2. The minimum atomic E-state index is -0.766. The van der Waals surface area contributed by atoms with Crippen molar-refractivity contribution in [1.29, 1.82) is 0 Å². The molecule has 2 amide bonds. The van der Waals surface area contributed by atoms with Gasteiger partial charge in [0.15, 0.2) is 0 Å². The zero-order valence-corrected chi connectivity index (χ0v) is 13.8. The number of alkyl carbamates (subject to hydrolysis) is 1. The van der Waals surface area contributed by atoms with Crippen molar-refractivity contribution in [2.75, 3.05) is 5.32 Å². The van der Waals surface area contributed by atoms with Crippen molar-refractivity contribution in [3.05, 3.63) is 28.2 Å². The van der Waals surface area contributed by atoms with E-state index >= 15 is 0 Å². The lowest BCUT2D eigenvalue weighted by Crippen LogP contribution is -2.43. The number of hydrogen-bond donors (Lipinski definition) is 2. The Kier molecular flexibility index (Phi) is 5.87. The number of carbonyl (C=O) groups excluding carboxylic acids is 2. The van der Waals surface area contributed by atoms with E-state index in [2.05, 4.69) is 10.6 Å². The second kappa shape index (κ2) is 7.00. The highest BCUT2D eigenvalue weighted by Crippen LogP contribution is 2.22. The van der Waals surface area contributed by atoms with Crippen molar-refractivity contribution < 1.29 is 14.3 Å². The quantitative estimate of drug-likeness (QED) is 0.883. The van der Waals surface area contributed by atoms with Crippen LogP contribution in [0.25, 0.3) is 0 Å². The van der Waals surface area contributed by atoms with Gasteiger partial charge in [0, 0.05) is 15.7 Å². The second-order valence-corrected chi connectivity index (χ2v) is 6.39. The first-order valence-corrected chi connectivity index (χ1v) is 7.09. The lowest BCUT2D eigenvalue weighted by molar-refractivity contribution is -0.117. The minimum Gasteiger partial charge on any atom is -0.444 e. The van der Waals surface area contributed by atoms with E-state index in [9.17, 15) is 9.59 Å². The molecule has 0 aromatic heterocycles. The third-order valence-electron chi connectivity index (χ3n) is 2.26. The molecule has 21 heavy (non-hydrogen) atoms. The van der Waals surface area contributed by atoms with E-state index in [0.717, 1.165) is 0 Å². The van der Waals surface area contributed by atoms with E-state index < -0.39 is 23.6 Å². The third-order valence-corrected chi connectivity index (χ3v) is 2.69. The van der Waals surface area contributed by atoms with Gasteiger partial charge >= 0.3 is 6.09 Å². The van der Waals surface area contributed by atoms with Crippen molar-refractivity contribution in [3.8, 4) is 0 Å². The highest BCUT2D eigenvalue weighted by molar-refractivity contribution is 6.35. The highest BCUT2D eigenvalue weighted by atomic mass is 35.5. The van der Waals surface area contributed by atoms with Crippen LogP contribution in [0, 0.1) is 0 Å². The largest absolute Gasteiger partial charge is 0.444 e. The average molecular weight is 333 g/mol. The lowest BCUT2D eigenvalue weighted by atomic mass is 10.2. The molecule has 0 saturated heterocycles. The maximum atomic E-state index is 12.0. The monoisotopic (exact) mass is 332 g/mol. The van der Waals surface area contributed by atoms with Crippen LogP contribution < -0.4 is 10.6 Å². The Morgan fingerprint density at radius 3 is 2.14 bits per heavy atom. The van der Waals surface area contributed by atoms with E-state index in [4.69, 9.17) is 27.9 Å². The number of nitrogens with one attached hydrogen (secondary N) is 2. The summed E-state index contributed by atoms with van der Waals surface area (Å²) in [4.78, 5) is 23.5. The third kappa shape index (κ3) is 6.69. The molecule has 0 fully saturated rings. The molecule has 1 aromatic carbocycles. The number of rotatable bonds is 3. The van der Waals surface area contributed by atoms with Crippen LogP contribution in [0.15, 0.2) is 18.2 Å². The number of ether oxygens (including phenoxy) is 1. The van der Waals surface area contributed by atoms with Crippen LogP contribution in [0.5, 0.6) is 0 Å². The summed E-state index contributed by atoms with van der Waals surface area (Å²) in [7, 11) is 0. The summed E-state index contributed by atoms with van der Waals surface area (Å²) >= 11 is 11.7.